The maximum atomic E-state index is 12.0. The molecule has 0 aliphatic carbocycles. The molecule has 0 saturated carbocycles. The minimum absolute atomic E-state index is 0.0635. The van der Waals surface area contributed by atoms with Gasteiger partial charge in [-0.3, -0.25) is 0 Å². The smallest absolute Gasteiger partial charge is 0.260 e. The molecule has 1 fully saturated rings. The highest BCUT2D eigenvalue weighted by Crippen LogP contribution is 2.16. The Bertz CT molecular complexity index is 503. The zero-order chi connectivity index (χ0) is 12.5. The van der Waals surface area contributed by atoms with Gasteiger partial charge in [0.25, 0.3) is 10.0 Å². The van der Waals surface area contributed by atoms with Crippen LogP contribution in [0.3, 0.4) is 0 Å². The van der Waals surface area contributed by atoms with Crippen molar-refractivity contribution in [2.45, 2.75) is 17.5 Å². The van der Waals surface area contributed by atoms with E-state index in [4.69, 9.17) is 5.73 Å². The highest BCUT2D eigenvalue weighted by atomic mass is 32.2. The first-order chi connectivity index (χ1) is 7.99. The Morgan fingerprint density at radius 2 is 2.35 bits per heavy atom. The van der Waals surface area contributed by atoms with Gasteiger partial charge in [-0.2, -0.15) is 0 Å². The fourth-order valence-corrected chi connectivity index (χ4v) is 3.26. The Hall–Kier alpha value is -1.18. The fourth-order valence-electron chi connectivity index (χ4n) is 1.93. The molecule has 6 nitrogen and oxygen atoms in total. The first kappa shape index (κ1) is 12.3. The van der Waals surface area contributed by atoms with Crippen molar-refractivity contribution in [3.8, 4) is 0 Å². The third-order valence-electron chi connectivity index (χ3n) is 2.77. The summed E-state index contributed by atoms with van der Waals surface area (Å²) in [5.41, 5.74) is 5.79. The normalized spacial score (nSPS) is 21.8. The van der Waals surface area contributed by atoms with E-state index in [2.05, 4.69) is 14.6 Å². The lowest BCUT2D eigenvalue weighted by molar-refractivity contribution is 0.407. The molecular formula is C10H16N4O2S. The number of hydrogen-bond donors (Lipinski definition) is 2. The average Bonchev–Trinajstić information content (AvgIpc) is 2.63. The van der Waals surface area contributed by atoms with Crippen LogP contribution in [0, 0.1) is 0 Å². The summed E-state index contributed by atoms with van der Waals surface area (Å²) in [7, 11) is -1.65. The second-order valence-corrected chi connectivity index (χ2v) is 5.90. The number of anilines is 1. The molecular weight excluding hydrogens is 240 g/mol. The molecule has 94 valence electrons. The van der Waals surface area contributed by atoms with Gasteiger partial charge in [0.1, 0.15) is 0 Å². The van der Waals surface area contributed by atoms with Crippen LogP contribution in [0.5, 0.6) is 0 Å². The summed E-state index contributed by atoms with van der Waals surface area (Å²) < 4.78 is 26.7. The minimum atomic E-state index is -3.61. The van der Waals surface area contributed by atoms with Crippen molar-refractivity contribution >= 4 is 15.7 Å². The van der Waals surface area contributed by atoms with Crippen molar-refractivity contribution in [3.63, 3.8) is 0 Å². The van der Waals surface area contributed by atoms with Crippen molar-refractivity contribution in [2.75, 3.05) is 25.9 Å². The molecule has 1 aromatic heterocycles. The lowest BCUT2D eigenvalue weighted by atomic mass is 10.3. The summed E-state index contributed by atoms with van der Waals surface area (Å²) in [5, 5.41) is -0.0884. The van der Waals surface area contributed by atoms with Gasteiger partial charge in [0, 0.05) is 18.8 Å². The Morgan fingerprint density at radius 3 is 2.94 bits per heavy atom. The van der Waals surface area contributed by atoms with Crippen LogP contribution in [0.25, 0.3) is 0 Å². The lowest BCUT2D eigenvalue weighted by Crippen LogP contribution is -2.37. The summed E-state index contributed by atoms with van der Waals surface area (Å²) in [5.74, 6) is 0. The van der Waals surface area contributed by atoms with Crippen LogP contribution in [0.15, 0.2) is 23.4 Å². The van der Waals surface area contributed by atoms with Gasteiger partial charge < -0.3 is 10.6 Å². The molecule has 1 saturated heterocycles. The standard InChI is InChI=1S/C10H16N4O2S/c1-14-6-4-8(7-14)13-17(15,16)10-9(11)3-2-5-12-10/h2-3,5,8,13H,4,6-7,11H2,1H3. The number of likely N-dealkylation sites (tertiary alicyclic amines) is 1. The van der Waals surface area contributed by atoms with E-state index in [1.807, 2.05) is 7.05 Å². The predicted molar refractivity (Wildman–Crippen MR) is 64.9 cm³/mol. The number of nitrogen functional groups attached to an aromatic ring is 1. The van der Waals surface area contributed by atoms with Crippen molar-refractivity contribution < 1.29 is 8.42 Å². The molecule has 3 N–H and O–H groups in total. The predicted octanol–water partition coefficient (Wildman–Crippen LogP) is -0.354. The van der Waals surface area contributed by atoms with E-state index in [0.717, 1.165) is 13.0 Å². The molecule has 0 bridgehead atoms. The van der Waals surface area contributed by atoms with Crippen LogP contribution in [0.4, 0.5) is 5.69 Å². The van der Waals surface area contributed by atoms with E-state index in [0.29, 0.717) is 6.54 Å². The third kappa shape index (κ3) is 2.74. The number of sulfonamides is 1. The first-order valence-corrected chi connectivity index (χ1v) is 6.89. The number of nitrogens with one attached hydrogen (secondary N) is 1. The number of rotatable bonds is 3. The van der Waals surface area contributed by atoms with Gasteiger partial charge in [-0.25, -0.2) is 18.1 Å². The Labute approximate surface area is 101 Å². The molecule has 0 radical (unpaired) electrons. The number of aromatic nitrogens is 1. The van der Waals surface area contributed by atoms with Gasteiger partial charge in [0.15, 0.2) is 5.03 Å². The highest BCUT2D eigenvalue weighted by Gasteiger charge is 2.27. The summed E-state index contributed by atoms with van der Waals surface area (Å²) in [6.07, 6.45) is 2.23. The molecule has 7 heteroatoms. The lowest BCUT2D eigenvalue weighted by Gasteiger charge is -2.13. The van der Waals surface area contributed by atoms with Gasteiger partial charge in [-0.05, 0) is 32.1 Å². The molecule has 1 unspecified atom stereocenters. The van der Waals surface area contributed by atoms with Gasteiger partial charge in [-0.15, -0.1) is 0 Å². The van der Waals surface area contributed by atoms with Crippen LogP contribution in [0.1, 0.15) is 6.42 Å². The van der Waals surface area contributed by atoms with Gasteiger partial charge in [0.05, 0.1) is 5.69 Å². The zero-order valence-corrected chi connectivity index (χ0v) is 10.4. The van der Waals surface area contributed by atoms with E-state index in [-0.39, 0.29) is 16.8 Å². The molecule has 1 aromatic rings. The molecule has 0 amide bonds. The van der Waals surface area contributed by atoms with Gasteiger partial charge >= 0.3 is 0 Å². The first-order valence-electron chi connectivity index (χ1n) is 5.40. The Morgan fingerprint density at radius 1 is 1.59 bits per heavy atom. The largest absolute Gasteiger partial charge is 0.396 e. The van der Waals surface area contributed by atoms with Crippen LogP contribution >= 0.6 is 0 Å². The maximum Gasteiger partial charge on any atom is 0.260 e. The van der Waals surface area contributed by atoms with Crippen LogP contribution in [-0.2, 0) is 10.0 Å². The highest BCUT2D eigenvalue weighted by molar-refractivity contribution is 7.89. The maximum absolute atomic E-state index is 12.0. The van der Waals surface area contributed by atoms with Crippen molar-refractivity contribution in [1.29, 1.82) is 0 Å². The Balaban J connectivity index is 2.17. The van der Waals surface area contributed by atoms with Gasteiger partial charge in [-0.1, -0.05) is 0 Å². The van der Waals surface area contributed by atoms with Crippen molar-refractivity contribution in [1.82, 2.24) is 14.6 Å². The summed E-state index contributed by atoms with van der Waals surface area (Å²) >= 11 is 0. The van der Waals surface area contributed by atoms with Crippen molar-refractivity contribution in [2.24, 2.45) is 0 Å². The number of nitrogens with zero attached hydrogens (tertiary/aromatic N) is 2. The third-order valence-corrected chi connectivity index (χ3v) is 4.26. The number of nitrogens with two attached hydrogens (primary N) is 1. The molecule has 0 spiro atoms. The molecule has 2 heterocycles. The molecule has 1 aliphatic rings. The van der Waals surface area contributed by atoms with Gasteiger partial charge in [0.2, 0.25) is 0 Å². The SMILES string of the molecule is CN1CCC(NS(=O)(=O)c2ncccc2N)C1. The summed E-state index contributed by atoms with van der Waals surface area (Å²) in [6, 6.07) is 3.08. The number of hydrogen-bond acceptors (Lipinski definition) is 5. The second kappa shape index (κ2) is 4.59. The number of pyridine rings is 1. The second-order valence-electron chi connectivity index (χ2n) is 4.27. The van der Waals surface area contributed by atoms with E-state index in [1.54, 1.807) is 6.07 Å². The van der Waals surface area contributed by atoms with Crippen molar-refractivity contribution in [3.05, 3.63) is 18.3 Å². The van der Waals surface area contributed by atoms with Crippen LogP contribution < -0.4 is 10.5 Å². The topological polar surface area (TPSA) is 88.3 Å². The number of likely N-dealkylation sites (N-methyl/N-ethyl adjacent to an activating group) is 1. The average molecular weight is 256 g/mol. The van der Waals surface area contributed by atoms with E-state index < -0.39 is 10.0 Å². The molecule has 1 atom stereocenters. The zero-order valence-electron chi connectivity index (χ0n) is 9.63. The van der Waals surface area contributed by atoms with E-state index >= 15 is 0 Å². The van der Waals surface area contributed by atoms with Crippen LogP contribution in [-0.4, -0.2) is 44.5 Å². The molecule has 1 aliphatic heterocycles. The summed E-state index contributed by atoms with van der Waals surface area (Å²) in [4.78, 5) is 5.90. The molecule has 2 rings (SSSR count). The summed E-state index contributed by atoms with van der Waals surface area (Å²) in [6.45, 7) is 1.61. The van der Waals surface area contributed by atoms with E-state index in [1.165, 1.54) is 12.3 Å². The molecule has 17 heavy (non-hydrogen) atoms. The fraction of sp³-hybridized carbons (Fsp3) is 0.500. The Kier molecular flexibility index (Phi) is 3.32. The van der Waals surface area contributed by atoms with E-state index in [9.17, 15) is 8.42 Å². The quantitative estimate of drug-likeness (QED) is 0.771. The molecule has 0 aromatic carbocycles. The van der Waals surface area contributed by atoms with Crippen LogP contribution in [0.2, 0.25) is 0 Å². The monoisotopic (exact) mass is 256 g/mol. The minimum Gasteiger partial charge on any atom is -0.396 e.